The molecule has 25 heavy (non-hydrogen) atoms. The number of likely N-dealkylation sites (tertiary alicyclic amines) is 1. The molecule has 2 atom stereocenters. The van der Waals surface area contributed by atoms with Gasteiger partial charge in [-0.25, -0.2) is 4.39 Å². The van der Waals surface area contributed by atoms with Crippen molar-refractivity contribution in [3.8, 4) is 0 Å². The molecule has 6 heteroatoms. The Morgan fingerprint density at radius 2 is 2.08 bits per heavy atom. The lowest BCUT2D eigenvalue weighted by molar-refractivity contribution is -0.136. The summed E-state index contributed by atoms with van der Waals surface area (Å²) < 4.78 is 18.3. The van der Waals surface area contributed by atoms with Gasteiger partial charge in [-0.3, -0.25) is 9.59 Å². The molecule has 2 unspecified atom stereocenters. The fraction of sp³-hybridized carbons (Fsp3) is 0.368. The molecule has 0 saturated carbocycles. The molecule has 1 fully saturated rings. The fourth-order valence-electron chi connectivity index (χ4n) is 3.12. The summed E-state index contributed by atoms with van der Waals surface area (Å²) in [6.45, 7) is 2.66. The number of benzene rings is 1. The number of furan rings is 1. The third-order valence-electron chi connectivity index (χ3n) is 4.77. The number of hydrogen-bond acceptors (Lipinski definition) is 3. The van der Waals surface area contributed by atoms with Crippen LogP contribution in [-0.2, 0) is 16.1 Å². The van der Waals surface area contributed by atoms with Crippen LogP contribution in [0.15, 0.2) is 47.1 Å². The number of nitrogens with zero attached hydrogens (tertiary/aromatic N) is 2. The van der Waals surface area contributed by atoms with Crippen LogP contribution in [0, 0.1) is 11.7 Å². The van der Waals surface area contributed by atoms with Crippen molar-refractivity contribution in [3.05, 3.63) is 59.8 Å². The van der Waals surface area contributed by atoms with E-state index in [1.807, 2.05) is 13.0 Å². The van der Waals surface area contributed by atoms with Crippen molar-refractivity contribution in [1.29, 1.82) is 0 Å². The van der Waals surface area contributed by atoms with E-state index in [0.29, 0.717) is 18.8 Å². The number of amides is 2. The summed E-state index contributed by atoms with van der Waals surface area (Å²) in [5.74, 6) is -0.0885. The quantitative estimate of drug-likeness (QED) is 0.838. The number of hydrogen-bond donors (Lipinski definition) is 0. The molecule has 1 saturated heterocycles. The average molecular weight is 344 g/mol. The van der Waals surface area contributed by atoms with E-state index in [0.717, 1.165) is 5.56 Å². The summed E-state index contributed by atoms with van der Waals surface area (Å²) in [5.41, 5.74) is 0.856. The van der Waals surface area contributed by atoms with Crippen molar-refractivity contribution >= 4 is 11.8 Å². The van der Waals surface area contributed by atoms with Gasteiger partial charge in [0.2, 0.25) is 11.8 Å². The summed E-state index contributed by atoms with van der Waals surface area (Å²) in [6, 6.07) is 9.51. The van der Waals surface area contributed by atoms with Crippen LogP contribution in [0.25, 0.3) is 0 Å². The lowest BCUT2D eigenvalue weighted by Crippen LogP contribution is -2.36. The van der Waals surface area contributed by atoms with E-state index in [9.17, 15) is 14.0 Å². The van der Waals surface area contributed by atoms with Crippen LogP contribution in [0.2, 0.25) is 0 Å². The molecule has 1 aliphatic rings. The van der Waals surface area contributed by atoms with Crippen molar-refractivity contribution in [2.45, 2.75) is 25.9 Å². The van der Waals surface area contributed by atoms with Gasteiger partial charge in [0, 0.05) is 20.0 Å². The minimum atomic E-state index is -0.365. The number of carbonyl (C=O) groups is 2. The molecule has 0 radical (unpaired) electrons. The SMILES string of the molecule is CC(c1ccc(F)cc1)N(C)C(=O)C1CC(=O)N(Cc2ccco2)C1. The first-order valence-electron chi connectivity index (χ1n) is 8.28. The Morgan fingerprint density at radius 1 is 1.36 bits per heavy atom. The molecule has 1 aliphatic heterocycles. The molecule has 3 rings (SSSR count). The lowest BCUT2D eigenvalue weighted by atomic mass is 10.0. The van der Waals surface area contributed by atoms with E-state index < -0.39 is 0 Å². The second-order valence-electron chi connectivity index (χ2n) is 6.43. The first-order chi connectivity index (χ1) is 12.0. The van der Waals surface area contributed by atoms with Crippen LogP contribution < -0.4 is 0 Å². The first-order valence-corrected chi connectivity index (χ1v) is 8.28. The second kappa shape index (κ2) is 7.09. The van der Waals surface area contributed by atoms with E-state index in [1.165, 1.54) is 12.1 Å². The zero-order valence-corrected chi connectivity index (χ0v) is 14.3. The first kappa shape index (κ1) is 17.2. The van der Waals surface area contributed by atoms with Crippen LogP contribution in [0.4, 0.5) is 4.39 Å². The highest BCUT2D eigenvalue weighted by atomic mass is 19.1. The highest BCUT2D eigenvalue weighted by Crippen LogP contribution is 2.26. The fourth-order valence-corrected chi connectivity index (χ4v) is 3.12. The topological polar surface area (TPSA) is 53.8 Å². The Labute approximate surface area is 146 Å². The summed E-state index contributed by atoms with van der Waals surface area (Å²) in [5, 5.41) is 0. The Kier molecular flexibility index (Phi) is 4.88. The molecule has 0 spiro atoms. The minimum absolute atomic E-state index is 0.0439. The largest absolute Gasteiger partial charge is 0.467 e. The molecule has 0 N–H and O–H groups in total. The van der Waals surface area contributed by atoms with Crippen LogP contribution in [0.1, 0.15) is 30.7 Å². The van der Waals surface area contributed by atoms with Gasteiger partial charge in [0.15, 0.2) is 0 Å². The molecule has 2 heterocycles. The van der Waals surface area contributed by atoms with Gasteiger partial charge in [0.1, 0.15) is 11.6 Å². The predicted octanol–water partition coefficient (Wildman–Crippen LogP) is 2.99. The van der Waals surface area contributed by atoms with E-state index in [1.54, 1.807) is 41.3 Å². The Bertz CT molecular complexity index is 743. The smallest absolute Gasteiger partial charge is 0.228 e. The summed E-state index contributed by atoms with van der Waals surface area (Å²) in [4.78, 5) is 28.2. The molecule has 1 aromatic heterocycles. The van der Waals surface area contributed by atoms with E-state index in [-0.39, 0.29) is 36.0 Å². The molecular formula is C19H21FN2O3. The molecule has 5 nitrogen and oxygen atoms in total. The molecule has 1 aromatic carbocycles. The van der Waals surface area contributed by atoms with Gasteiger partial charge in [-0.15, -0.1) is 0 Å². The van der Waals surface area contributed by atoms with E-state index in [4.69, 9.17) is 4.42 Å². The van der Waals surface area contributed by atoms with Crippen molar-refractivity contribution in [2.24, 2.45) is 5.92 Å². The molecular weight excluding hydrogens is 323 g/mol. The molecule has 2 aromatic rings. The van der Waals surface area contributed by atoms with Crippen LogP contribution in [-0.4, -0.2) is 35.2 Å². The van der Waals surface area contributed by atoms with Crippen LogP contribution in [0.3, 0.4) is 0 Å². The van der Waals surface area contributed by atoms with Crippen molar-refractivity contribution in [1.82, 2.24) is 9.80 Å². The molecule has 2 amide bonds. The number of halogens is 1. The third kappa shape index (κ3) is 3.73. The van der Waals surface area contributed by atoms with Crippen molar-refractivity contribution in [3.63, 3.8) is 0 Å². The van der Waals surface area contributed by atoms with E-state index in [2.05, 4.69) is 0 Å². The monoisotopic (exact) mass is 344 g/mol. The van der Waals surface area contributed by atoms with Crippen LogP contribution in [0.5, 0.6) is 0 Å². The normalized spacial score (nSPS) is 18.4. The lowest BCUT2D eigenvalue weighted by Gasteiger charge is -2.28. The summed E-state index contributed by atoms with van der Waals surface area (Å²) in [7, 11) is 1.72. The highest BCUT2D eigenvalue weighted by molar-refractivity contribution is 5.89. The maximum Gasteiger partial charge on any atom is 0.228 e. The highest BCUT2D eigenvalue weighted by Gasteiger charge is 2.37. The summed E-state index contributed by atoms with van der Waals surface area (Å²) >= 11 is 0. The Morgan fingerprint density at radius 3 is 2.72 bits per heavy atom. The molecule has 0 bridgehead atoms. The maximum atomic E-state index is 13.1. The predicted molar refractivity (Wildman–Crippen MR) is 89.8 cm³/mol. The number of carbonyl (C=O) groups excluding carboxylic acids is 2. The summed E-state index contributed by atoms with van der Waals surface area (Å²) in [6.07, 6.45) is 1.77. The average Bonchev–Trinajstić information content (AvgIpc) is 3.24. The minimum Gasteiger partial charge on any atom is -0.467 e. The van der Waals surface area contributed by atoms with Gasteiger partial charge in [-0.05, 0) is 36.8 Å². The van der Waals surface area contributed by atoms with Gasteiger partial charge < -0.3 is 14.2 Å². The van der Waals surface area contributed by atoms with Crippen molar-refractivity contribution < 1.29 is 18.4 Å². The zero-order chi connectivity index (χ0) is 18.0. The standard InChI is InChI=1S/C19H21FN2O3/c1-13(14-5-7-16(20)8-6-14)21(2)19(24)15-10-18(23)22(11-15)12-17-4-3-9-25-17/h3-9,13,15H,10-12H2,1-2H3. The van der Waals surface area contributed by atoms with Gasteiger partial charge in [0.25, 0.3) is 0 Å². The van der Waals surface area contributed by atoms with Gasteiger partial charge in [-0.1, -0.05) is 12.1 Å². The van der Waals surface area contributed by atoms with Crippen molar-refractivity contribution in [2.75, 3.05) is 13.6 Å². The zero-order valence-electron chi connectivity index (χ0n) is 14.3. The van der Waals surface area contributed by atoms with E-state index >= 15 is 0 Å². The van der Waals surface area contributed by atoms with Gasteiger partial charge in [0.05, 0.1) is 24.8 Å². The maximum absolute atomic E-state index is 13.1. The van der Waals surface area contributed by atoms with Gasteiger partial charge >= 0.3 is 0 Å². The molecule has 0 aliphatic carbocycles. The molecule has 132 valence electrons. The number of rotatable bonds is 5. The Hall–Kier alpha value is -2.63. The van der Waals surface area contributed by atoms with Crippen LogP contribution >= 0.6 is 0 Å². The Balaban J connectivity index is 1.64. The second-order valence-corrected chi connectivity index (χ2v) is 6.43. The third-order valence-corrected chi connectivity index (χ3v) is 4.77. The van der Waals surface area contributed by atoms with Gasteiger partial charge in [-0.2, -0.15) is 0 Å².